The normalized spacial score (nSPS) is 16.3. The Morgan fingerprint density at radius 2 is 1.76 bits per heavy atom. The van der Waals surface area contributed by atoms with Crippen LogP contribution in [0.3, 0.4) is 0 Å². The molecule has 0 bridgehead atoms. The number of carbonyl (C=O) groups is 2. The van der Waals surface area contributed by atoms with E-state index < -0.39 is 34.7 Å². The highest BCUT2D eigenvalue weighted by atomic mass is 35.5. The topological polar surface area (TPSA) is 79.5 Å². The van der Waals surface area contributed by atoms with Gasteiger partial charge < -0.3 is 10.2 Å². The molecule has 0 saturated heterocycles. The number of hydrogen-bond donors (Lipinski definition) is 2. The number of carboxylic acid groups (broad SMARTS) is 1. The number of carbonyl (C=O) groups excluding carboxylic acids is 1. The number of benzene rings is 2. The number of aliphatic carboxylic acids is 1. The van der Waals surface area contributed by atoms with Crippen LogP contribution >= 0.6 is 23.2 Å². The summed E-state index contributed by atoms with van der Waals surface area (Å²) in [6.07, 6.45) is 2.89. The lowest BCUT2D eigenvalue weighted by atomic mass is 9.69. The number of aromatic hydroxyl groups is 1. The van der Waals surface area contributed by atoms with Crippen LogP contribution in [0.25, 0.3) is 10.9 Å². The number of phenols is 1. The predicted molar refractivity (Wildman–Crippen MR) is 121 cm³/mol. The van der Waals surface area contributed by atoms with E-state index in [0.717, 1.165) is 23.5 Å². The van der Waals surface area contributed by atoms with Crippen molar-refractivity contribution in [3.8, 4) is 5.75 Å². The molecule has 3 aromatic rings. The van der Waals surface area contributed by atoms with Crippen LogP contribution in [0, 0.1) is 24.5 Å². The molecule has 0 spiro atoms. The maximum absolute atomic E-state index is 15.3. The number of carboxylic acids is 1. The minimum Gasteiger partial charge on any atom is -0.503 e. The van der Waals surface area contributed by atoms with Crippen molar-refractivity contribution in [2.24, 2.45) is 5.92 Å². The van der Waals surface area contributed by atoms with E-state index in [2.05, 4.69) is 0 Å². The minimum atomic E-state index is -1.56. The first-order chi connectivity index (χ1) is 15.5. The summed E-state index contributed by atoms with van der Waals surface area (Å²) in [5, 5.41) is 20.4. The number of rotatable bonds is 4. The lowest BCUT2D eigenvalue weighted by molar-refractivity contribution is -0.145. The molecule has 0 unspecified atom stereocenters. The second kappa shape index (κ2) is 8.29. The highest BCUT2D eigenvalue weighted by Gasteiger charge is 2.48. The zero-order valence-corrected chi connectivity index (χ0v) is 19.4. The molecule has 1 aliphatic carbocycles. The molecule has 0 amide bonds. The van der Waals surface area contributed by atoms with Gasteiger partial charge in [0.05, 0.1) is 21.0 Å². The molecule has 0 aliphatic heterocycles. The molecule has 33 heavy (non-hydrogen) atoms. The van der Waals surface area contributed by atoms with Crippen molar-refractivity contribution in [3.05, 3.63) is 62.8 Å². The van der Waals surface area contributed by atoms with Crippen molar-refractivity contribution in [2.45, 2.75) is 44.9 Å². The first-order valence-corrected chi connectivity index (χ1v) is 11.2. The van der Waals surface area contributed by atoms with Crippen LogP contribution in [0.2, 0.25) is 10.0 Å². The fraction of sp³-hybridized carbons (Fsp3) is 0.333. The summed E-state index contributed by atoms with van der Waals surface area (Å²) in [7, 11) is 0. The van der Waals surface area contributed by atoms with Crippen LogP contribution in [0.1, 0.15) is 54.2 Å². The Morgan fingerprint density at radius 3 is 2.33 bits per heavy atom. The number of phenolic OH excluding ortho intramolecular Hbond substituents is 1. The molecular formula is C24H21Cl2F2NO4. The van der Waals surface area contributed by atoms with Gasteiger partial charge in [-0.15, -0.1) is 0 Å². The maximum Gasteiger partial charge on any atom is 0.314 e. The third-order valence-electron chi connectivity index (χ3n) is 6.87. The van der Waals surface area contributed by atoms with Gasteiger partial charge in [0.15, 0.2) is 17.4 Å². The largest absolute Gasteiger partial charge is 0.503 e. The highest BCUT2D eigenvalue weighted by Crippen LogP contribution is 2.48. The Labute approximate surface area is 198 Å². The molecule has 9 heteroatoms. The summed E-state index contributed by atoms with van der Waals surface area (Å²) in [4.78, 5) is 26.1. The summed E-state index contributed by atoms with van der Waals surface area (Å²) in [5.74, 6) is -5.94. The average Bonchev–Trinajstić information content (AvgIpc) is 3.40. The van der Waals surface area contributed by atoms with Gasteiger partial charge in [-0.25, -0.2) is 8.78 Å². The van der Waals surface area contributed by atoms with Crippen molar-refractivity contribution < 1.29 is 28.6 Å². The van der Waals surface area contributed by atoms with E-state index >= 15 is 4.39 Å². The lowest BCUT2D eigenvalue weighted by Crippen LogP contribution is -2.40. The molecule has 1 atom stereocenters. The summed E-state index contributed by atoms with van der Waals surface area (Å²) < 4.78 is 30.8. The molecule has 2 N–H and O–H groups in total. The van der Waals surface area contributed by atoms with Crippen LogP contribution < -0.4 is 0 Å². The SMILES string of the molecule is Cc1c([C@](C)(C(=O)O)C2CCCC2)c2c(F)c(O)c(F)cc2n1C(=O)c1ccc(Cl)c(Cl)c1. The molecule has 1 aliphatic rings. The number of halogens is 4. The molecule has 2 aromatic carbocycles. The molecule has 174 valence electrons. The van der Waals surface area contributed by atoms with Gasteiger partial charge in [-0.1, -0.05) is 36.0 Å². The average molecular weight is 496 g/mol. The molecule has 5 nitrogen and oxygen atoms in total. The van der Waals surface area contributed by atoms with Crippen molar-refractivity contribution in [2.75, 3.05) is 0 Å². The molecule has 1 saturated carbocycles. The highest BCUT2D eigenvalue weighted by molar-refractivity contribution is 6.42. The van der Waals surface area contributed by atoms with Crippen LogP contribution in [0.5, 0.6) is 5.75 Å². The standard InChI is InChI=1S/C24H21Cl2F2NO4/c1-11-19(24(2,23(32)33)13-5-3-4-6-13)18-17(10-16(27)21(30)20(18)28)29(11)22(31)12-7-8-14(25)15(26)9-12/h7-10,13,30H,3-6H2,1-2H3,(H,32,33)/t24-/m1/s1. The van der Waals surface area contributed by atoms with E-state index in [4.69, 9.17) is 23.2 Å². The molecule has 1 heterocycles. The van der Waals surface area contributed by atoms with E-state index in [1.54, 1.807) is 0 Å². The summed E-state index contributed by atoms with van der Waals surface area (Å²) in [5.41, 5.74) is -1.42. The zero-order valence-electron chi connectivity index (χ0n) is 17.9. The second-order valence-corrected chi connectivity index (χ2v) is 9.45. The third-order valence-corrected chi connectivity index (χ3v) is 7.61. The predicted octanol–water partition coefficient (Wildman–Crippen LogP) is 6.46. The number of aromatic nitrogens is 1. The summed E-state index contributed by atoms with van der Waals surface area (Å²) in [6, 6.07) is 5.02. The Balaban J connectivity index is 2.09. The zero-order chi connectivity index (χ0) is 24.2. The van der Waals surface area contributed by atoms with E-state index in [-0.39, 0.29) is 43.7 Å². The monoisotopic (exact) mass is 495 g/mol. The van der Waals surface area contributed by atoms with Crippen LogP contribution in [-0.2, 0) is 10.2 Å². The number of hydrogen-bond acceptors (Lipinski definition) is 3. The van der Waals surface area contributed by atoms with Gasteiger partial charge in [0.25, 0.3) is 5.91 Å². The molecule has 4 rings (SSSR count). The van der Waals surface area contributed by atoms with Crippen molar-refractivity contribution in [1.82, 2.24) is 4.57 Å². The Hall–Kier alpha value is -2.64. The van der Waals surface area contributed by atoms with Gasteiger partial charge in [0.2, 0.25) is 0 Å². The van der Waals surface area contributed by atoms with Gasteiger partial charge in [-0.2, -0.15) is 0 Å². The van der Waals surface area contributed by atoms with Gasteiger partial charge in [-0.3, -0.25) is 14.2 Å². The van der Waals surface area contributed by atoms with Crippen molar-refractivity contribution >= 4 is 46.0 Å². The second-order valence-electron chi connectivity index (χ2n) is 8.63. The first kappa shape index (κ1) is 23.5. The summed E-state index contributed by atoms with van der Waals surface area (Å²) >= 11 is 12.0. The Morgan fingerprint density at radius 1 is 1.12 bits per heavy atom. The van der Waals surface area contributed by atoms with E-state index in [9.17, 15) is 24.2 Å². The quantitative estimate of drug-likeness (QED) is 0.435. The van der Waals surface area contributed by atoms with Crippen LogP contribution in [-0.4, -0.2) is 26.7 Å². The fourth-order valence-electron chi connectivity index (χ4n) is 5.13. The van der Waals surface area contributed by atoms with Gasteiger partial charge in [0, 0.05) is 28.3 Å². The summed E-state index contributed by atoms with van der Waals surface area (Å²) in [6.45, 7) is 3.00. The number of fused-ring (bicyclic) bond motifs is 1. The van der Waals surface area contributed by atoms with Gasteiger partial charge in [-0.05, 0) is 50.8 Å². The first-order valence-electron chi connectivity index (χ1n) is 10.5. The molecule has 1 aromatic heterocycles. The van der Waals surface area contributed by atoms with Gasteiger partial charge >= 0.3 is 5.97 Å². The Kier molecular flexibility index (Phi) is 5.91. The molecule has 0 radical (unpaired) electrons. The molecule has 1 fully saturated rings. The number of nitrogens with zero attached hydrogens (tertiary/aromatic N) is 1. The minimum absolute atomic E-state index is 0.0538. The maximum atomic E-state index is 15.3. The Bertz CT molecular complexity index is 1310. The smallest absolute Gasteiger partial charge is 0.314 e. The van der Waals surface area contributed by atoms with Crippen LogP contribution in [0.4, 0.5) is 8.78 Å². The van der Waals surface area contributed by atoms with Crippen LogP contribution in [0.15, 0.2) is 24.3 Å². The fourth-order valence-corrected chi connectivity index (χ4v) is 5.43. The van der Waals surface area contributed by atoms with Crippen molar-refractivity contribution in [1.29, 1.82) is 0 Å². The van der Waals surface area contributed by atoms with E-state index in [1.807, 2.05) is 0 Å². The van der Waals surface area contributed by atoms with E-state index in [0.29, 0.717) is 12.8 Å². The van der Waals surface area contributed by atoms with E-state index in [1.165, 1.54) is 32.0 Å². The van der Waals surface area contributed by atoms with Gasteiger partial charge in [0.1, 0.15) is 0 Å². The van der Waals surface area contributed by atoms with Crippen molar-refractivity contribution in [3.63, 3.8) is 0 Å². The third kappa shape index (κ3) is 3.49. The lowest BCUT2D eigenvalue weighted by Gasteiger charge is -2.32. The molecular weight excluding hydrogens is 475 g/mol.